The molecule has 1 amide bonds. The van der Waals surface area contributed by atoms with Crippen molar-refractivity contribution < 1.29 is 22.7 Å². The SMILES string of the molecule is CCOc1ccc(S(=O)(=O)N(CC(=O)Nc2ccc(OC(C)C)cc2)c2ccccc2)cc1. The van der Waals surface area contributed by atoms with Crippen molar-refractivity contribution in [3.8, 4) is 11.5 Å². The van der Waals surface area contributed by atoms with Crippen LogP contribution in [0, 0.1) is 0 Å². The third kappa shape index (κ3) is 6.49. The number of ether oxygens (including phenoxy) is 2. The molecule has 7 nitrogen and oxygen atoms in total. The van der Waals surface area contributed by atoms with Gasteiger partial charge in [-0.05, 0) is 81.4 Å². The summed E-state index contributed by atoms with van der Waals surface area (Å²) < 4.78 is 38.9. The molecule has 0 aliphatic rings. The van der Waals surface area contributed by atoms with Gasteiger partial charge in [-0.3, -0.25) is 9.10 Å². The molecule has 0 bridgehead atoms. The van der Waals surface area contributed by atoms with Gasteiger partial charge in [-0.1, -0.05) is 18.2 Å². The van der Waals surface area contributed by atoms with E-state index in [2.05, 4.69) is 5.32 Å². The van der Waals surface area contributed by atoms with Gasteiger partial charge in [0, 0.05) is 5.69 Å². The number of amides is 1. The molecule has 174 valence electrons. The van der Waals surface area contributed by atoms with E-state index in [9.17, 15) is 13.2 Å². The van der Waals surface area contributed by atoms with E-state index < -0.39 is 15.9 Å². The molecule has 0 heterocycles. The van der Waals surface area contributed by atoms with Crippen LogP contribution in [0.2, 0.25) is 0 Å². The molecule has 0 fully saturated rings. The first-order valence-corrected chi connectivity index (χ1v) is 12.1. The fraction of sp³-hybridized carbons (Fsp3) is 0.240. The minimum atomic E-state index is -4.00. The maximum Gasteiger partial charge on any atom is 0.264 e. The lowest BCUT2D eigenvalue weighted by Gasteiger charge is -2.24. The molecule has 0 radical (unpaired) electrons. The van der Waals surface area contributed by atoms with E-state index in [4.69, 9.17) is 9.47 Å². The number of anilines is 2. The molecular formula is C25H28N2O5S. The summed E-state index contributed by atoms with van der Waals surface area (Å²) in [5, 5.41) is 2.75. The lowest BCUT2D eigenvalue weighted by molar-refractivity contribution is -0.114. The molecule has 3 aromatic rings. The van der Waals surface area contributed by atoms with Crippen LogP contribution in [0.5, 0.6) is 11.5 Å². The van der Waals surface area contributed by atoms with Crippen LogP contribution >= 0.6 is 0 Å². The average molecular weight is 469 g/mol. The van der Waals surface area contributed by atoms with E-state index in [1.165, 1.54) is 12.1 Å². The average Bonchev–Trinajstić information content (AvgIpc) is 2.79. The Bertz CT molecular complexity index is 1150. The van der Waals surface area contributed by atoms with Crippen LogP contribution < -0.4 is 19.1 Å². The van der Waals surface area contributed by atoms with Gasteiger partial charge in [-0.25, -0.2) is 8.42 Å². The highest BCUT2D eigenvalue weighted by molar-refractivity contribution is 7.92. The molecule has 0 saturated heterocycles. The largest absolute Gasteiger partial charge is 0.494 e. The van der Waals surface area contributed by atoms with Crippen molar-refractivity contribution in [1.29, 1.82) is 0 Å². The highest BCUT2D eigenvalue weighted by atomic mass is 32.2. The van der Waals surface area contributed by atoms with E-state index in [-0.39, 0.29) is 17.5 Å². The lowest BCUT2D eigenvalue weighted by Crippen LogP contribution is -2.38. The van der Waals surface area contributed by atoms with E-state index >= 15 is 0 Å². The summed E-state index contributed by atoms with van der Waals surface area (Å²) in [4.78, 5) is 12.9. The third-order valence-electron chi connectivity index (χ3n) is 4.56. The number of rotatable bonds is 10. The first kappa shape index (κ1) is 24.1. The molecule has 0 aromatic heterocycles. The van der Waals surface area contributed by atoms with E-state index in [1.54, 1.807) is 66.7 Å². The zero-order valence-electron chi connectivity index (χ0n) is 18.9. The summed E-state index contributed by atoms with van der Waals surface area (Å²) in [5.41, 5.74) is 0.935. The first-order chi connectivity index (χ1) is 15.8. The standard InChI is InChI=1S/C25H28N2O5S/c1-4-31-22-14-16-24(17-15-22)33(29,30)27(21-8-6-5-7-9-21)18-25(28)26-20-10-12-23(13-11-20)32-19(2)3/h5-17,19H,4,18H2,1-3H3,(H,26,28). The quantitative estimate of drug-likeness (QED) is 0.466. The summed E-state index contributed by atoms with van der Waals surface area (Å²) in [6.07, 6.45) is 0.0395. The first-order valence-electron chi connectivity index (χ1n) is 10.7. The number of benzene rings is 3. The fourth-order valence-electron chi connectivity index (χ4n) is 3.13. The Morgan fingerprint density at radius 2 is 1.52 bits per heavy atom. The predicted molar refractivity (Wildman–Crippen MR) is 129 cm³/mol. The maximum atomic E-state index is 13.4. The summed E-state index contributed by atoms with van der Waals surface area (Å²) in [7, 11) is -4.00. The van der Waals surface area contributed by atoms with Crippen molar-refractivity contribution in [3.05, 3.63) is 78.9 Å². The van der Waals surface area contributed by atoms with Crippen LogP contribution in [-0.4, -0.2) is 33.6 Å². The predicted octanol–water partition coefficient (Wildman–Crippen LogP) is 4.71. The van der Waals surface area contributed by atoms with Crippen LogP contribution in [0.25, 0.3) is 0 Å². The van der Waals surface area contributed by atoms with Gasteiger partial charge in [0.15, 0.2) is 0 Å². The molecule has 0 spiro atoms. The molecular weight excluding hydrogens is 440 g/mol. The zero-order valence-corrected chi connectivity index (χ0v) is 19.7. The van der Waals surface area contributed by atoms with Gasteiger partial charge in [-0.15, -0.1) is 0 Å². The second-order valence-electron chi connectivity index (χ2n) is 7.49. The number of hydrogen-bond acceptors (Lipinski definition) is 5. The van der Waals surface area contributed by atoms with E-state index in [1.807, 2.05) is 20.8 Å². The second kappa shape index (κ2) is 10.9. The Balaban J connectivity index is 1.81. The van der Waals surface area contributed by atoms with Crippen molar-refractivity contribution in [2.24, 2.45) is 0 Å². The smallest absolute Gasteiger partial charge is 0.264 e. The molecule has 0 atom stereocenters. The summed E-state index contributed by atoms with van der Waals surface area (Å²) >= 11 is 0. The summed E-state index contributed by atoms with van der Waals surface area (Å²) in [5.74, 6) is 0.795. The van der Waals surface area contributed by atoms with Gasteiger partial charge >= 0.3 is 0 Å². The van der Waals surface area contributed by atoms with Crippen LogP contribution in [0.15, 0.2) is 83.8 Å². The van der Waals surface area contributed by atoms with Crippen LogP contribution in [0.4, 0.5) is 11.4 Å². The van der Waals surface area contributed by atoms with E-state index in [0.717, 1.165) is 4.31 Å². The van der Waals surface area contributed by atoms with Crippen LogP contribution in [0.1, 0.15) is 20.8 Å². The normalized spacial score (nSPS) is 11.2. The molecule has 0 aliphatic carbocycles. The maximum absolute atomic E-state index is 13.4. The highest BCUT2D eigenvalue weighted by Gasteiger charge is 2.27. The van der Waals surface area contributed by atoms with Gasteiger partial charge in [-0.2, -0.15) is 0 Å². The van der Waals surface area contributed by atoms with Gasteiger partial charge in [0.2, 0.25) is 5.91 Å². The number of para-hydroxylation sites is 1. The molecule has 8 heteroatoms. The minimum Gasteiger partial charge on any atom is -0.494 e. The Morgan fingerprint density at radius 1 is 0.909 bits per heavy atom. The fourth-order valence-corrected chi connectivity index (χ4v) is 4.55. The Hall–Kier alpha value is -3.52. The summed E-state index contributed by atoms with van der Waals surface area (Å²) in [6.45, 7) is 5.80. The lowest BCUT2D eigenvalue weighted by atomic mass is 10.3. The van der Waals surface area contributed by atoms with Gasteiger partial charge in [0.25, 0.3) is 10.0 Å². The van der Waals surface area contributed by atoms with Crippen molar-refractivity contribution in [2.75, 3.05) is 22.8 Å². The number of nitrogens with zero attached hydrogens (tertiary/aromatic N) is 1. The zero-order chi connectivity index (χ0) is 23.8. The molecule has 0 aliphatic heterocycles. The van der Waals surface area contributed by atoms with Crippen LogP contribution in [-0.2, 0) is 14.8 Å². The van der Waals surface area contributed by atoms with Crippen molar-refractivity contribution in [3.63, 3.8) is 0 Å². The number of nitrogens with one attached hydrogen (secondary N) is 1. The highest BCUT2D eigenvalue weighted by Crippen LogP contribution is 2.25. The monoisotopic (exact) mass is 468 g/mol. The third-order valence-corrected chi connectivity index (χ3v) is 6.35. The molecule has 0 saturated carbocycles. The number of carbonyl (C=O) groups excluding carboxylic acids is 1. The van der Waals surface area contributed by atoms with E-state index in [0.29, 0.717) is 29.5 Å². The second-order valence-corrected chi connectivity index (χ2v) is 9.35. The molecule has 1 N–H and O–H groups in total. The number of carbonyl (C=O) groups is 1. The molecule has 3 rings (SSSR count). The van der Waals surface area contributed by atoms with Gasteiger partial charge in [0.05, 0.1) is 23.3 Å². The molecule has 33 heavy (non-hydrogen) atoms. The minimum absolute atomic E-state index is 0.0395. The number of sulfonamides is 1. The van der Waals surface area contributed by atoms with Crippen molar-refractivity contribution in [2.45, 2.75) is 31.8 Å². The van der Waals surface area contributed by atoms with Crippen LogP contribution in [0.3, 0.4) is 0 Å². The summed E-state index contributed by atoms with van der Waals surface area (Å²) in [6, 6.07) is 21.6. The molecule has 3 aromatic carbocycles. The Kier molecular flexibility index (Phi) is 7.95. The van der Waals surface area contributed by atoms with Crippen molar-refractivity contribution in [1.82, 2.24) is 0 Å². The van der Waals surface area contributed by atoms with Gasteiger partial charge in [0.1, 0.15) is 18.0 Å². The Morgan fingerprint density at radius 3 is 2.09 bits per heavy atom. The molecule has 0 unspecified atom stereocenters. The Labute approximate surface area is 195 Å². The number of hydrogen-bond donors (Lipinski definition) is 1. The van der Waals surface area contributed by atoms with Crippen molar-refractivity contribution >= 4 is 27.3 Å². The topological polar surface area (TPSA) is 84.9 Å². The van der Waals surface area contributed by atoms with Gasteiger partial charge < -0.3 is 14.8 Å².